The lowest BCUT2D eigenvalue weighted by atomic mass is 10.2. The smallest absolute Gasteiger partial charge is 0.214 e. The molecule has 64 valence electrons. The fraction of sp³-hybridized carbons (Fsp3) is 0.667. The van der Waals surface area contributed by atoms with E-state index in [1.54, 1.807) is 6.08 Å². The van der Waals surface area contributed by atoms with Crippen molar-refractivity contribution in [3.63, 3.8) is 0 Å². The maximum Gasteiger partial charge on any atom is 0.214 e. The van der Waals surface area contributed by atoms with Crippen LogP contribution >= 0.6 is 0 Å². The Morgan fingerprint density at radius 1 is 1.64 bits per heavy atom. The molecule has 0 bridgehead atoms. The molecule has 11 heavy (non-hydrogen) atoms. The van der Waals surface area contributed by atoms with Crippen LogP contribution in [-0.2, 0) is 10.0 Å². The lowest BCUT2D eigenvalue weighted by Gasteiger charge is -2.36. The van der Waals surface area contributed by atoms with Crippen LogP contribution in [0.3, 0.4) is 0 Å². The minimum absolute atomic E-state index is 0.359. The first-order chi connectivity index (χ1) is 5.04. The Balaban J connectivity index is 2.35. The zero-order valence-electron chi connectivity index (χ0n) is 6.23. The summed E-state index contributed by atoms with van der Waals surface area (Å²) in [5, 5.41) is 4.56. The summed E-state index contributed by atoms with van der Waals surface area (Å²) in [5.41, 5.74) is 0. The molecular formula is C6H12N2O2S. The first kappa shape index (κ1) is 8.70. The molecule has 0 spiro atoms. The van der Waals surface area contributed by atoms with Crippen LogP contribution in [0.5, 0.6) is 0 Å². The van der Waals surface area contributed by atoms with E-state index in [1.807, 2.05) is 4.90 Å². The summed E-state index contributed by atoms with van der Waals surface area (Å²) >= 11 is 0. The molecule has 1 fully saturated rings. The molecule has 0 amide bonds. The molecule has 0 saturated carbocycles. The van der Waals surface area contributed by atoms with E-state index in [2.05, 4.69) is 6.58 Å². The van der Waals surface area contributed by atoms with E-state index in [9.17, 15) is 8.42 Å². The fourth-order valence-electron chi connectivity index (χ4n) is 1.06. The normalized spacial score (nSPS) is 21.2. The predicted octanol–water partition coefficient (Wildman–Crippen LogP) is -0.855. The van der Waals surface area contributed by atoms with Crippen LogP contribution in [-0.4, -0.2) is 38.2 Å². The van der Waals surface area contributed by atoms with Gasteiger partial charge in [-0.25, -0.2) is 13.6 Å². The maximum atomic E-state index is 10.7. The van der Waals surface area contributed by atoms with Gasteiger partial charge in [0.1, 0.15) is 5.25 Å². The first-order valence-electron chi connectivity index (χ1n) is 3.39. The highest BCUT2D eigenvalue weighted by Gasteiger charge is 2.33. The SMILES string of the molecule is C=CCN1CC(S(N)(=O)=O)C1. The predicted molar refractivity (Wildman–Crippen MR) is 43.5 cm³/mol. The van der Waals surface area contributed by atoms with Crippen LogP contribution in [0, 0.1) is 0 Å². The zero-order valence-corrected chi connectivity index (χ0v) is 7.05. The van der Waals surface area contributed by atoms with Gasteiger partial charge in [0.15, 0.2) is 0 Å². The molecular weight excluding hydrogens is 164 g/mol. The average Bonchev–Trinajstić information content (AvgIpc) is 1.74. The minimum Gasteiger partial charge on any atom is -0.297 e. The molecule has 1 aliphatic heterocycles. The highest BCUT2D eigenvalue weighted by atomic mass is 32.2. The Kier molecular flexibility index (Phi) is 2.31. The third-order valence-corrected chi connectivity index (χ3v) is 3.00. The highest BCUT2D eigenvalue weighted by Crippen LogP contribution is 2.12. The number of primary sulfonamides is 1. The summed E-state index contributed by atoms with van der Waals surface area (Å²) in [5.74, 6) is 0. The molecule has 0 radical (unpaired) electrons. The standard InChI is InChI=1S/C6H12N2O2S/c1-2-3-8-4-6(5-8)11(7,9)10/h2,6H,1,3-5H2,(H2,7,9,10). The third kappa shape index (κ3) is 2.02. The van der Waals surface area contributed by atoms with Gasteiger partial charge in [-0.3, -0.25) is 4.90 Å². The van der Waals surface area contributed by atoms with Gasteiger partial charge in [-0.15, -0.1) is 6.58 Å². The van der Waals surface area contributed by atoms with Crippen LogP contribution in [0.15, 0.2) is 12.7 Å². The van der Waals surface area contributed by atoms with Gasteiger partial charge >= 0.3 is 0 Å². The van der Waals surface area contributed by atoms with E-state index >= 15 is 0 Å². The van der Waals surface area contributed by atoms with E-state index in [0.717, 1.165) is 6.54 Å². The second kappa shape index (κ2) is 2.92. The summed E-state index contributed by atoms with van der Waals surface area (Å²) in [6.07, 6.45) is 1.75. The summed E-state index contributed by atoms with van der Waals surface area (Å²) in [4.78, 5) is 1.97. The Morgan fingerprint density at radius 2 is 2.18 bits per heavy atom. The Bertz CT molecular complexity index is 241. The first-order valence-corrected chi connectivity index (χ1v) is 5.00. The van der Waals surface area contributed by atoms with E-state index in [4.69, 9.17) is 5.14 Å². The number of hydrogen-bond donors (Lipinski definition) is 1. The van der Waals surface area contributed by atoms with Gasteiger partial charge in [-0.05, 0) is 0 Å². The molecule has 0 aromatic heterocycles. The van der Waals surface area contributed by atoms with Crippen LogP contribution in [0.25, 0.3) is 0 Å². The van der Waals surface area contributed by atoms with Crippen molar-refractivity contribution < 1.29 is 8.42 Å². The number of likely N-dealkylation sites (tertiary alicyclic amines) is 1. The molecule has 1 heterocycles. The summed E-state index contributed by atoms with van der Waals surface area (Å²) in [6, 6.07) is 0. The summed E-state index contributed by atoms with van der Waals surface area (Å²) in [6.45, 7) is 5.38. The lowest BCUT2D eigenvalue weighted by Crippen LogP contribution is -2.56. The zero-order chi connectivity index (χ0) is 8.48. The molecule has 2 N–H and O–H groups in total. The van der Waals surface area contributed by atoms with Crippen LogP contribution in [0.2, 0.25) is 0 Å². The van der Waals surface area contributed by atoms with Crippen molar-refractivity contribution >= 4 is 10.0 Å². The van der Waals surface area contributed by atoms with Crippen LogP contribution in [0.4, 0.5) is 0 Å². The fourth-order valence-corrected chi connectivity index (χ4v) is 1.90. The second-order valence-corrected chi connectivity index (χ2v) is 4.56. The van der Waals surface area contributed by atoms with Crippen LogP contribution in [0.1, 0.15) is 0 Å². The number of hydrogen-bond acceptors (Lipinski definition) is 3. The Hall–Kier alpha value is -0.390. The van der Waals surface area contributed by atoms with E-state index in [-0.39, 0.29) is 5.25 Å². The van der Waals surface area contributed by atoms with E-state index < -0.39 is 10.0 Å². The van der Waals surface area contributed by atoms with Crippen molar-refractivity contribution in [1.82, 2.24) is 4.90 Å². The molecule has 1 aliphatic rings. The second-order valence-electron chi connectivity index (χ2n) is 2.72. The van der Waals surface area contributed by atoms with Crippen molar-refractivity contribution in [3.8, 4) is 0 Å². The molecule has 0 aromatic rings. The van der Waals surface area contributed by atoms with Crippen LogP contribution < -0.4 is 5.14 Å². The van der Waals surface area contributed by atoms with Gasteiger partial charge in [0.2, 0.25) is 10.0 Å². The molecule has 1 saturated heterocycles. The molecule has 1 rings (SSSR count). The van der Waals surface area contributed by atoms with E-state index in [1.165, 1.54) is 0 Å². The molecule has 4 nitrogen and oxygen atoms in total. The molecule has 0 unspecified atom stereocenters. The van der Waals surface area contributed by atoms with Crippen molar-refractivity contribution in [2.75, 3.05) is 19.6 Å². The number of sulfonamides is 1. The monoisotopic (exact) mass is 176 g/mol. The van der Waals surface area contributed by atoms with Gasteiger partial charge in [0.05, 0.1) is 0 Å². The molecule has 5 heteroatoms. The lowest BCUT2D eigenvalue weighted by molar-refractivity contribution is 0.206. The maximum absolute atomic E-state index is 10.7. The van der Waals surface area contributed by atoms with Gasteiger partial charge < -0.3 is 0 Å². The summed E-state index contributed by atoms with van der Waals surface area (Å²) in [7, 11) is -3.29. The van der Waals surface area contributed by atoms with E-state index in [0.29, 0.717) is 13.1 Å². The average molecular weight is 176 g/mol. The topological polar surface area (TPSA) is 63.4 Å². The van der Waals surface area contributed by atoms with Gasteiger partial charge in [-0.1, -0.05) is 6.08 Å². The van der Waals surface area contributed by atoms with Crippen molar-refractivity contribution in [2.24, 2.45) is 5.14 Å². The van der Waals surface area contributed by atoms with Crippen molar-refractivity contribution in [1.29, 1.82) is 0 Å². The van der Waals surface area contributed by atoms with Crippen molar-refractivity contribution in [3.05, 3.63) is 12.7 Å². The Labute approximate surface area is 66.7 Å². The largest absolute Gasteiger partial charge is 0.297 e. The third-order valence-electron chi connectivity index (χ3n) is 1.78. The van der Waals surface area contributed by atoms with Gasteiger partial charge in [-0.2, -0.15) is 0 Å². The number of nitrogens with zero attached hydrogens (tertiary/aromatic N) is 1. The molecule has 0 aliphatic carbocycles. The van der Waals surface area contributed by atoms with Gasteiger partial charge in [0.25, 0.3) is 0 Å². The van der Waals surface area contributed by atoms with Gasteiger partial charge in [0, 0.05) is 19.6 Å². The molecule has 0 atom stereocenters. The Morgan fingerprint density at radius 3 is 2.55 bits per heavy atom. The molecule has 0 aromatic carbocycles. The number of rotatable bonds is 3. The number of nitrogens with two attached hydrogens (primary N) is 1. The quantitative estimate of drug-likeness (QED) is 0.569. The summed E-state index contributed by atoms with van der Waals surface area (Å²) < 4.78 is 21.4. The minimum atomic E-state index is -3.29. The highest BCUT2D eigenvalue weighted by molar-refractivity contribution is 7.89. The van der Waals surface area contributed by atoms with Crippen molar-refractivity contribution in [2.45, 2.75) is 5.25 Å².